The maximum atomic E-state index is 11.3. The Kier molecular flexibility index (Phi) is 4.29. The van der Waals surface area contributed by atoms with Crippen LogP contribution in [0.25, 0.3) is 0 Å². The number of likely N-dealkylation sites (N-methyl/N-ethyl adjacent to an activating group) is 1. The fraction of sp³-hybridized carbons (Fsp3) is 0.545. The molecule has 1 atom stereocenters. The van der Waals surface area contributed by atoms with Crippen LogP contribution in [0.4, 0.5) is 0 Å². The van der Waals surface area contributed by atoms with Crippen LogP contribution < -0.4 is 0 Å². The Morgan fingerprint density at radius 2 is 2.13 bits per heavy atom. The molecule has 1 unspecified atom stereocenters. The summed E-state index contributed by atoms with van der Waals surface area (Å²) in [5.74, 6) is -0.760. The van der Waals surface area contributed by atoms with Gasteiger partial charge in [-0.3, -0.25) is 9.69 Å². The van der Waals surface area contributed by atoms with Gasteiger partial charge in [-0.1, -0.05) is 13.8 Å². The average molecular weight is 227 g/mol. The van der Waals surface area contributed by atoms with E-state index in [1.54, 1.807) is 0 Å². The molecule has 1 aromatic heterocycles. The Balaban J connectivity index is 3.03. The first-order chi connectivity index (χ1) is 7.11. The number of hydrogen-bond donors (Lipinski definition) is 1. The lowest BCUT2D eigenvalue weighted by Gasteiger charge is -2.25. The lowest BCUT2D eigenvalue weighted by atomic mass is 10.1. The van der Waals surface area contributed by atoms with Gasteiger partial charge in [0.25, 0.3) is 0 Å². The van der Waals surface area contributed by atoms with Gasteiger partial charge < -0.3 is 5.11 Å². The molecule has 0 amide bonds. The van der Waals surface area contributed by atoms with E-state index in [9.17, 15) is 9.90 Å². The molecule has 1 aromatic rings. The third-order valence-corrected chi connectivity index (χ3v) is 3.63. The van der Waals surface area contributed by atoms with Crippen LogP contribution in [0.1, 0.15) is 30.3 Å². The normalized spacial score (nSPS) is 13.1. The molecule has 84 valence electrons. The molecule has 0 aliphatic carbocycles. The van der Waals surface area contributed by atoms with Crippen molar-refractivity contribution in [2.24, 2.45) is 0 Å². The number of thiophene rings is 1. The summed E-state index contributed by atoms with van der Waals surface area (Å²) in [6, 6.07) is 1.49. The molecule has 0 fully saturated rings. The fourth-order valence-corrected chi connectivity index (χ4v) is 2.74. The number of nitrogens with zero attached hydrogens (tertiary/aromatic N) is 1. The molecule has 0 saturated carbocycles. The smallest absolute Gasteiger partial charge is 0.326 e. The highest BCUT2D eigenvalue weighted by molar-refractivity contribution is 7.10. The highest BCUT2D eigenvalue weighted by Crippen LogP contribution is 2.28. The van der Waals surface area contributed by atoms with Crippen molar-refractivity contribution >= 4 is 17.3 Å². The van der Waals surface area contributed by atoms with Crippen LogP contribution in [0.2, 0.25) is 0 Å². The summed E-state index contributed by atoms with van der Waals surface area (Å²) in [6.45, 7) is 7.45. The van der Waals surface area contributed by atoms with Crippen LogP contribution in [0.15, 0.2) is 11.4 Å². The van der Waals surface area contributed by atoms with Crippen LogP contribution in [0, 0.1) is 6.92 Å². The molecule has 1 rings (SSSR count). The number of aliphatic carboxylic acids is 1. The second kappa shape index (κ2) is 5.28. The van der Waals surface area contributed by atoms with Crippen LogP contribution in [-0.2, 0) is 4.79 Å². The summed E-state index contributed by atoms with van der Waals surface area (Å²) >= 11 is 1.52. The van der Waals surface area contributed by atoms with Crippen molar-refractivity contribution in [1.29, 1.82) is 0 Å². The van der Waals surface area contributed by atoms with Gasteiger partial charge in [-0.2, -0.15) is 0 Å². The molecular formula is C11H17NO2S. The predicted octanol–water partition coefficient (Wildman–Crippen LogP) is 2.52. The topological polar surface area (TPSA) is 40.5 Å². The van der Waals surface area contributed by atoms with E-state index in [-0.39, 0.29) is 0 Å². The van der Waals surface area contributed by atoms with Gasteiger partial charge in [0.05, 0.1) is 0 Å². The summed E-state index contributed by atoms with van der Waals surface area (Å²) in [7, 11) is 0. The maximum Gasteiger partial charge on any atom is 0.326 e. The number of carboxylic acids is 1. The number of rotatable bonds is 5. The van der Waals surface area contributed by atoms with Crippen molar-refractivity contribution in [1.82, 2.24) is 4.90 Å². The molecule has 1 N–H and O–H groups in total. The summed E-state index contributed by atoms with van der Waals surface area (Å²) in [5.41, 5.74) is 1.07. The molecule has 0 aliphatic rings. The number of carbonyl (C=O) groups is 1. The molecule has 0 spiro atoms. The summed E-state index contributed by atoms with van der Waals surface area (Å²) in [5, 5.41) is 11.2. The van der Waals surface area contributed by atoms with E-state index in [2.05, 4.69) is 0 Å². The lowest BCUT2D eigenvalue weighted by molar-refractivity contribution is -0.143. The van der Waals surface area contributed by atoms with E-state index in [0.29, 0.717) is 0 Å². The maximum absolute atomic E-state index is 11.3. The summed E-state index contributed by atoms with van der Waals surface area (Å²) in [4.78, 5) is 14.2. The Labute approximate surface area is 94.3 Å². The zero-order chi connectivity index (χ0) is 11.4. The molecule has 0 aromatic carbocycles. The van der Waals surface area contributed by atoms with E-state index in [4.69, 9.17) is 0 Å². The first kappa shape index (κ1) is 12.2. The first-order valence-electron chi connectivity index (χ1n) is 5.12. The molecule has 15 heavy (non-hydrogen) atoms. The Hall–Kier alpha value is -0.870. The van der Waals surface area contributed by atoms with Gasteiger partial charge in [0.2, 0.25) is 0 Å². The van der Waals surface area contributed by atoms with Crippen molar-refractivity contribution in [3.63, 3.8) is 0 Å². The van der Waals surface area contributed by atoms with Crippen molar-refractivity contribution in [3.8, 4) is 0 Å². The van der Waals surface area contributed by atoms with Gasteiger partial charge in [-0.05, 0) is 37.0 Å². The zero-order valence-electron chi connectivity index (χ0n) is 9.36. The summed E-state index contributed by atoms with van der Waals surface area (Å²) < 4.78 is 0. The van der Waals surface area contributed by atoms with Crippen LogP contribution in [0.5, 0.6) is 0 Å². The minimum Gasteiger partial charge on any atom is -0.480 e. The van der Waals surface area contributed by atoms with Gasteiger partial charge in [0, 0.05) is 4.88 Å². The molecule has 4 heteroatoms. The van der Waals surface area contributed by atoms with Crippen LogP contribution >= 0.6 is 11.3 Å². The second-order valence-corrected chi connectivity index (χ2v) is 4.38. The van der Waals surface area contributed by atoms with Gasteiger partial charge in [0.1, 0.15) is 6.04 Å². The van der Waals surface area contributed by atoms with Gasteiger partial charge in [0.15, 0.2) is 0 Å². The third kappa shape index (κ3) is 2.58. The monoisotopic (exact) mass is 227 g/mol. The Morgan fingerprint density at radius 1 is 1.53 bits per heavy atom. The lowest BCUT2D eigenvalue weighted by Crippen LogP contribution is -2.33. The Morgan fingerprint density at radius 3 is 2.47 bits per heavy atom. The van der Waals surface area contributed by atoms with E-state index in [1.165, 1.54) is 11.3 Å². The van der Waals surface area contributed by atoms with Gasteiger partial charge >= 0.3 is 5.97 Å². The van der Waals surface area contributed by atoms with Crippen LogP contribution in [-0.4, -0.2) is 29.1 Å². The summed E-state index contributed by atoms with van der Waals surface area (Å²) in [6.07, 6.45) is 0. The SMILES string of the molecule is CCN(CC)C(C(=O)O)c1sccc1C. The molecular weight excluding hydrogens is 210 g/mol. The quantitative estimate of drug-likeness (QED) is 0.840. The van der Waals surface area contributed by atoms with Crippen LogP contribution in [0.3, 0.4) is 0 Å². The molecule has 0 bridgehead atoms. The van der Waals surface area contributed by atoms with E-state index >= 15 is 0 Å². The molecule has 1 heterocycles. The largest absolute Gasteiger partial charge is 0.480 e. The minimum absolute atomic E-state index is 0.486. The van der Waals surface area contributed by atoms with E-state index < -0.39 is 12.0 Å². The number of aryl methyl sites for hydroxylation is 1. The zero-order valence-corrected chi connectivity index (χ0v) is 10.2. The third-order valence-electron chi connectivity index (χ3n) is 2.56. The van der Waals surface area contributed by atoms with Crippen molar-refractivity contribution in [3.05, 3.63) is 21.9 Å². The molecule has 0 saturated heterocycles. The average Bonchev–Trinajstić information content (AvgIpc) is 2.60. The number of hydrogen-bond acceptors (Lipinski definition) is 3. The Bertz CT molecular complexity index is 331. The standard InChI is InChI=1S/C11H17NO2S/c1-4-12(5-2)9(11(13)14)10-8(3)6-7-15-10/h6-7,9H,4-5H2,1-3H3,(H,13,14). The first-order valence-corrected chi connectivity index (χ1v) is 6.00. The van der Waals surface area contributed by atoms with Gasteiger partial charge in [-0.25, -0.2) is 0 Å². The highest BCUT2D eigenvalue weighted by Gasteiger charge is 2.27. The molecule has 3 nitrogen and oxygen atoms in total. The number of carboxylic acid groups (broad SMARTS) is 1. The second-order valence-electron chi connectivity index (χ2n) is 3.43. The molecule has 0 radical (unpaired) electrons. The van der Waals surface area contributed by atoms with E-state index in [0.717, 1.165) is 23.5 Å². The van der Waals surface area contributed by atoms with Gasteiger partial charge in [-0.15, -0.1) is 11.3 Å². The highest BCUT2D eigenvalue weighted by atomic mass is 32.1. The molecule has 0 aliphatic heterocycles. The van der Waals surface area contributed by atoms with Crippen molar-refractivity contribution in [2.45, 2.75) is 26.8 Å². The van der Waals surface area contributed by atoms with E-state index in [1.807, 2.05) is 37.1 Å². The predicted molar refractivity (Wildman–Crippen MR) is 62.4 cm³/mol. The van der Waals surface area contributed by atoms with Crippen molar-refractivity contribution in [2.75, 3.05) is 13.1 Å². The van der Waals surface area contributed by atoms with Crippen molar-refractivity contribution < 1.29 is 9.90 Å². The minimum atomic E-state index is -0.760. The fourth-order valence-electron chi connectivity index (χ4n) is 1.69.